The SMILES string of the molecule is CCc1ccc(NC(=O)N[C@H]2N=C(c3ccccc3)c3ccccc3N(C)C2=O)cc1. The average molecular weight is 412 g/mol. The summed E-state index contributed by atoms with van der Waals surface area (Å²) in [5.41, 5.74) is 4.95. The Bertz CT molecular complexity index is 1120. The maximum Gasteiger partial charge on any atom is 0.321 e. The highest BCUT2D eigenvalue weighted by atomic mass is 16.2. The molecule has 0 aromatic heterocycles. The van der Waals surface area contributed by atoms with Gasteiger partial charge in [-0.3, -0.25) is 4.79 Å². The Kier molecular flexibility index (Phi) is 5.80. The molecule has 3 aromatic carbocycles. The second-order valence-electron chi connectivity index (χ2n) is 7.31. The summed E-state index contributed by atoms with van der Waals surface area (Å²) in [5, 5.41) is 5.50. The minimum atomic E-state index is -1.05. The van der Waals surface area contributed by atoms with Gasteiger partial charge in [0, 0.05) is 23.9 Å². The van der Waals surface area contributed by atoms with Crippen LogP contribution >= 0.6 is 0 Å². The van der Waals surface area contributed by atoms with Crippen molar-refractivity contribution in [1.29, 1.82) is 0 Å². The van der Waals surface area contributed by atoms with Crippen molar-refractivity contribution in [2.75, 3.05) is 17.3 Å². The van der Waals surface area contributed by atoms with Crippen molar-refractivity contribution in [3.8, 4) is 0 Å². The molecular weight excluding hydrogens is 388 g/mol. The number of amides is 3. The first-order valence-corrected chi connectivity index (χ1v) is 10.2. The summed E-state index contributed by atoms with van der Waals surface area (Å²) < 4.78 is 0. The first-order valence-electron chi connectivity index (χ1n) is 10.2. The van der Waals surface area contributed by atoms with Crippen LogP contribution in [-0.4, -0.2) is 30.9 Å². The zero-order valence-corrected chi connectivity index (χ0v) is 17.5. The number of rotatable bonds is 4. The van der Waals surface area contributed by atoms with E-state index in [0.29, 0.717) is 11.4 Å². The molecule has 6 heteroatoms. The highest BCUT2D eigenvalue weighted by molar-refractivity contribution is 6.20. The van der Waals surface area contributed by atoms with Crippen LogP contribution in [-0.2, 0) is 11.2 Å². The van der Waals surface area contributed by atoms with Gasteiger partial charge in [0.1, 0.15) is 0 Å². The van der Waals surface area contributed by atoms with Crippen LogP contribution in [0.5, 0.6) is 0 Å². The second kappa shape index (κ2) is 8.83. The summed E-state index contributed by atoms with van der Waals surface area (Å²) in [5.74, 6) is -0.310. The van der Waals surface area contributed by atoms with Gasteiger partial charge in [-0.1, -0.05) is 67.6 Å². The van der Waals surface area contributed by atoms with Crippen LogP contribution < -0.4 is 15.5 Å². The van der Waals surface area contributed by atoms with E-state index < -0.39 is 12.2 Å². The monoisotopic (exact) mass is 412 g/mol. The molecule has 0 saturated heterocycles. The summed E-state index contributed by atoms with van der Waals surface area (Å²) in [4.78, 5) is 32.0. The molecule has 3 aromatic rings. The lowest BCUT2D eigenvalue weighted by Crippen LogP contribution is -2.47. The van der Waals surface area contributed by atoms with Gasteiger partial charge in [-0.2, -0.15) is 0 Å². The third kappa shape index (κ3) is 4.33. The molecule has 0 saturated carbocycles. The first kappa shape index (κ1) is 20.3. The van der Waals surface area contributed by atoms with E-state index in [-0.39, 0.29) is 5.91 Å². The van der Waals surface area contributed by atoms with Crippen LogP contribution in [0, 0.1) is 0 Å². The molecule has 2 N–H and O–H groups in total. The number of urea groups is 1. The number of fused-ring (bicyclic) bond motifs is 1. The number of para-hydroxylation sites is 1. The molecule has 0 unspecified atom stereocenters. The lowest BCUT2D eigenvalue weighted by atomic mass is 10.0. The summed E-state index contributed by atoms with van der Waals surface area (Å²) >= 11 is 0. The summed E-state index contributed by atoms with van der Waals surface area (Å²) in [6, 6.07) is 24.4. The lowest BCUT2D eigenvalue weighted by molar-refractivity contribution is -0.119. The molecule has 1 aliphatic heterocycles. The molecule has 4 rings (SSSR count). The van der Waals surface area contributed by atoms with Crippen molar-refractivity contribution in [2.45, 2.75) is 19.5 Å². The smallest absolute Gasteiger partial charge is 0.311 e. The van der Waals surface area contributed by atoms with E-state index in [2.05, 4.69) is 22.5 Å². The number of hydrogen-bond acceptors (Lipinski definition) is 3. The zero-order valence-electron chi connectivity index (χ0n) is 17.5. The maximum atomic E-state index is 13.1. The fourth-order valence-corrected chi connectivity index (χ4v) is 3.56. The number of aliphatic imine (C=N–C) groups is 1. The summed E-state index contributed by atoms with van der Waals surface area (Å²) in [6.45, 7) is 2.07. The Hall–Kier alpha value is -3.93. The molecule has 1 atom stereocenters. The molecule has 3 amide bonds. The third-order valence-corrected chi connectivity index (χ3v) is 5.28. The predicted molar refractivity (Wildman–Crippen MR) is 124 cm³/mol. The summed E-state index contributed by atoms with van der Waals surface area (Å²) in [7, 11) is 1.70. The van der Waals surface area contributed by atoms with Gasteiger partial charge in [0.25, 0.3) is 5.91 Å². The third-order valence-electron chi connectivity index (χ3n) is 5.28. The van der Waals surface area contributed by atoms with Crippen molar-refractivity contribution < 1.29 is 9.59 Å². The number of benzene rings is 3. The minimum Gasteiger partial charge on any atom is -0.311 e. The van der Waals surface area contributed by atoms with E-state index in [9.17, 15) is 9.59 Å². The van der Waals surface area contributed by atoms with E-state index in [1.54, 1.807) is 7.05 Å². The Morgan fingerprint density at radius 3 is 2.35 bits per heavy atom. The van der Waals surface area contributed by atoms with E-state index >= 15 is 0 Å². The normalized spacial score (nSPS) is 15.5. The highest BCUT2D eigenvalue weighted by Crippen LogP contribution is 2.27. The Balaban J connectivity index is 1.65. The number of anilines is 2. The van der Waals surface area contributed by atoms with Crippen molar-refractivity contribution >= 4 is 29.0 Å². The van der Waals surface area contributed by atoms with Crippen LogP contribution in [0.2, 0.25) is 0 Å². The standard InChI is InChI=1S/C25H24N4O2/c1-3-17-13-15-19(16-14-17)26-25(31)28-23-24(30)29(2)21-12-8-7-11-20(21)22(27-23)18-9-5-4-6-10-18/h4-16,23H,3H2,1-2H3,(H2,26,28,31)/t23-/m1/s1. The number of nitrogens with one attached hydrogen (secondary N) is 2. The number of nitrogens with zero attached hydrogens (tertiary/aromatic N) is 2. The minimum absolute atomic E-state index is 0.310. The lowest BCUT2D eigenvalue weighted by Gasteiger charge is -2.21. The van der Waals surface area contributed by atoms with E-state index in [4.69, 9.17) is 0 Å². The van der Waals surface area contributed by atoms with E-state index in [1.807, 2.05) is 78.9 Å². The molecule has 0 fully saturated rings. The molecular formula is C25H24N4O2. The number of carbonyl (C=O) groups excluding carboxylic acids is 2. The maximum absolute atomic E-state index is 13.1. The average Bonchev–Trinajstić information content (AvgIpc) is 2.91. The highest BCUT2D eigenvalue weighted by Gasteiger charge is 2.30. The second-order valence-corrected chi connectivity index (χ2v) is 7.31. The van der Waals surface area contributed by atoms with Gasteiger partial charge in [0.15, 0.2) is 0 Å². The molecule has 1 heterocycles. The van der Waals surface area contributed by atoms with E-state index in [1.165, 1.54) is 10.5 Å². The van der Waals surface area contributed by atoms with Gasteiger partial charge < -0.3 is 15.5 Å². The molecule has 1 aliphatic rings. The molecule has 0 spiro atoms. The van der Waals surface area contributed by atoms with Gasteiger partial charge in [-0.25, -0.2) is 9.79 Å². The van der Waals surface area contributed by atoms with Gasteiger partial charge >= 0.3 is 6.03 Å². The topological polar surface area (TPSA) is 73.8 Å². The zero-order chi connectivity index (χ0) is 21.8. The van der Waals surface area contributed by atoms with Crippen molar-refractivity contribution in [2.24, 2.45) is 4.99 Å². The van der Waals surface area contributed by atoms with Crippen LogP contribution in [0.25, 0.3) is 0 Å². The van der Waals surface area contributed by atoms with Gasteiger partial charge in [0.2, 0.25) is 6.17 Å². The summed E-state index contributed by atoms with van der Waals surface area (Å²) in [6.07, 6.45) is -0.130. The Labute approximate surface area is 181 Å². The predicted octanol–water partition coefficient (Wildman–Crippen LogP) is 4.21. The van der Waals surface area contributed by atoms with Crippen LogP contribution in [0.15, 0.2) is 83.9 Å². The number of aryl methyl sites for hydroxylation is 1. The quantitative estimate of drug-likeness (QED) is 0.674. The van der Waals surface area contributed by atoms with Crippen molar-refractivity contribution in [3.05, 3.63) is 95.6 Å². The van der Waals surface area contributed by atoms with Crippen LogP contribution in [0.3, 0.4) is 0 Å². The molecule has 31 heavy (non-hydrogen) atoms. The molecule has 0 aliphatic carbocycles. The Morgan fingerprint density at radius 2 is 1.65 bits per heavy atom. The Morgan fingerprint density at radius 1 is 0.968 bits per heavy atom. The molecule has 156 valence electrons. The van der Waals surface area contributed by atoms with Crippen molar-refractivity contribution in [1.82, 2.24) is 5.32 Å². The number of likely N-dealkylation sites (N-methyl/N-ethyl adjacent to an activating group) is 1. The van der Waals surface area contributed by atoms with Crippen LogP contribution in [0.4, 0.5) is 16.2 Å². The van der Waals surface area contributed by atoms with Gasteiger partial charge in [-0.15, -0.1) is 0 Å². The largest absolute Gasteiger partial charge is 0.321 e. The van der Waals surface area contributed by atoms with Gasteiger partial charge in [-0.05, 0) is 30.2 Å². The molecule has 0 bridgehead atoms. The van der Waals surface area contributed by atoms with Crippen LogP contribution in [0.1, 0.15) is 23.6 Å². The number of carbonyl (C=O) groups is 2. The first-order chi connectivity index (χ1) is 15.1. The van der Waals surface area contributed by atoms with Crippen molar-refractivity contribution in [3.63, 3.8) is 0 Å². The molecule has 0 radical (unpaired) electrons. The molecule has 6 nitrogen and oxygen atoms in total. The fraction of sp³-hybridized carbons (Fsp3) is 0.160. The fourth-order valence-electron chi connectivity index (χ4n) is 3.56. The van der Waals surface area contributed by atoms with Gasteiger partial charge in [0.05, 0.1) is 11.4 Å². The number of hydrogen-bond donors (Lipinski definition) is 2. The number of benzodiazepines with no additional fused rings is 1. The van der Waals surface area contributed by atoms with E-state index in [0.717, 1.165) is 23.2 Å².